The number of amides is 1. The molecule has 4 aromatic rings. The van der Waals surface area contributed by atoms with Gasteiger partial charge in [0.05, 0.1) is 22.3 Å². The zero-order chi connectivity index (χ0) is 23.8. The van der Waals surface area contributed by atoms with Crippen molar-refractivity contribution in [2.24, 2.45) is 0 Å². The van der Waals surface area contributed by atoms with Crippen molar-refractivity contribution in [1.82, 2.24) is 9.55 Å². The van der Waals surface area contributed by atoms with Crippen LogP contribution in [0.1, 0.15) is 17.5 Å². The molecule has 0 aliphatic heterocycles. The molecule has 0 radical (unpaired) electrons. The molecule has 1 aliphatic carbocycles. The van der Waals surface area contributed by atoms with Crippen molar-refractivity contribution in [2.45, 2.75) is 24.4 Å². The van der Waals surface area contributed by atoms with Crippen LogP contribution in [0.5, 0.6) is 0 Å². The van der Waals surface area contributed by atoms with Crippen LogP contribution in [0.3, 0.4) is 0 Å². The third-order valence-corrected chi connectivity index (χ3v) is 6.66. The minimum Gasteiger partial charge on any atom is -0.325 e. The van der Waals surface area contributed by atoms with Crippen LogP contribution >= 0.6 is 11.8 Å². The largest absolute Gasteiger partial charge is 0.325 e. The number of fused-ring (bicyclic) bond motifs is 2. The SMILES string of the molecule is O=C(CSc1nc2ccccc2c(=O)n1-c1cc(F)c(F)c(F)c1)Nc1cccc2c1CCC2. The molecule has 0 saturated carbocycles. The summed E-state index contributed by atoms with van der Waals surface area (Å²) in [4.78, 5) is 30.3. The third-order valence-electron chi connectivity index (χ3n) is 5.72. The highest BCUT2D eigenvalue weighted by Gasteiger charge is 2.20. The van der Waals surface area contributed by atoms with Gasteiger partial charge < -0.3 is 5.32 Å². The van der Waals surface area contributed by atoms with Crippen LogP contribution in [-0.2, 0) is 17.6 Å². The Balaban J connectivity index is 1.49. The van der Waals surface area contributed by atoms with E-state index in [9.17, 15) is 22.8 Å². The number of nitrogens with one attached hydrogen (secondary N) is 1. The third kappa shape index (κ3) is 4.07. The number of hydrogen-bond donors (Lipinski definition) is 1. The Labute approximate surface area is 196 Å². The molecule has 1 N–H and O–H groups in total. The lowest BCUT2D eigenvalue weighted by Crippen LogP contribution is -2.23. The van der Waals surface area contributed by atoms with E-state index in [4.69, 9.17) is 0 Å². The number of nitrogens with zero attached hydrogens (tertiary/aromatic N) is 2. The van der Waals surface area contributed by atoms with Gasteiger partial charge in [-0.1, -0.05) is 36.0 Å². The summed E-state index contributed by atoms with van der Waals surface area (Å²) in [5.41, 5.74) is 2.67. The minimum atomic E-state index is -1.63. The zero-order valence-corrected chi connectivity index (χ0v) is 18.6. The second-order valence-electron chi connectivity index (χ2n) is 7.91. The molecule has 1 aliphatic rings. The van der Waals surface area contributed by atoms with Gasteiger partial charge in [-0.2, -0.15) is 0 Å². The fourth-order valence-electron chi connectivity index (χ4n) is 4.16. The Morgan fingerprint density at radius 2 is 1.79 bits per heavy atom. The fourth-order valence-corrected chi connectivity index (χ4v) is 4.97. The molecular formula is C25H18F3N3O2S. The molecule has 0 atom stereocenters. The Hall–Kier alpha value is -3.59. The number of carbonyl (C=O) groups is 1. The molecule has 1 amide bonds. The number of hydrogen-bond acceptors (Lipinski definition) is 4. The number of rotatable bonds is 5. The van der Waals surface area contributed by atoms with E-state index in [1.54, 1.807) is 18.2 Å². The molecule has 0 bridgehead atoms. The molecule has 0 unspecified atom stereocenters. The topological polar surface area (TPSA) is 64.0 Å². The molecule has 5 nitrogen and oxygen atoms in total. The van der Waals surface area contributed by atoms with Crippen LogP contribution in [0.2, 0.25) is 0 Å². The Morgan fingerprint density at radius 3 is 2.59 bits per heavy atom. The summed E-state index contributed by atoms with van der Waals surface area (Å²) in [5, 5.41) is 3.19. The van der Waals surface area contributed by atoms with Crippen molar-refractivity contribution in [3.8, 4) is 5.69 Å². The van der Waals surface area contributed by atoms with Crippen molar-refractivity contribution in [3.63, 3.8) is 0 Å². The van der Waals surface area contributed by atoms with E-state index < -0.39 is 23.0 Å². The average Bonchev–Trinajstić information content (AvgIpc) is 3.31. The average molecular weight is 481 g/mol. The standard InChI is InChI=1S/C25H18F3N3O2S/c26-18-11-15(12-19(27)23(18)28)31-24(33)17-7-1-2-9-21(17)30-25(31)34-13-22(32)29-20-10-4-6-14-5-3-8-16(14)20/h1-2,4,6-7,9-12H,3,5,8,13H2,(H,29,32). The monoisotopic (exact) mass is 481 g/mol. The van der Waals surface area contributed by atoms with Crippen LogP contribution in [0.15, 0.2) is 64.5 Å². The summed E-state index contributed by atoms with van der Waals surface area (Å²) < 4.78 is 42.4. The predicted octanol–water partition coefficient (Wildman–Crippen LogP) is 5.02. The normalized spacial score (nSPS) is 12.7. The number of anilines is 1. The van der Waals surface area contributed by atoms with Crippen molar-refractivity contribution in [2.75, 3.05) is 11.1 Å². The van der Waals surface area contributed by atoms with Crippen LogP contribution in [0.4, 0.5) is 18.9 Å². The van der Waals surface area contributed by atoms with E-state index in [1.165, 1.54) is 11.6 Å². The molecule has 9 heteroatoms. The molecule has 0 saturated heterocycles. The maximum atomic E-state index is 13.9. The Morgan fingerprint density at radius 1 is 1.03 bits per heavy atom. The summed E-state index contributed by atoms with van der Waals surface area (Å²) in [5.74, 6) is -4.89. The van der Waals surface area contributed by atoms with Gasteiger partial charge in [0.25, 0.3) is 5.56 Å². The van der Waals surface area contributed by atoms with Crippen LogP contribution < -0.4 is 10.9 Å². The maximum Gasteiger partial charge on any atom is 0.266 e. The van der Waals surface area contributed by atoms with Gasteiger partial charge in [0.1, 0.15) is 0 Å². The van der Waals surface area contributed by atoms with E-state index in [0.29, 0.717) is 5.52 Å². The van der Waals surface area contributed by atoms with E-state index in [0.717, 1.165) is 59.0 Å². The highest BCUT2D eigenvalue weighted by atomic mass is 32.2. The minimum absolute atomic E-state index is 0.0579. The van der Waals surface area contributed by atoms with Crippen molar-refractivity contribution < 1.29 is 18.0 Å². The molecule has 1 heterocycles. The lowest BCUT2D eigenvalue weighted by atomic mass is 10.1. The molecule has 0 fully saturated rings. The van der Waals surface area contributed by atoms with Gasteiger partial charge in [-0.25, -0.2) is 18.2 Å². The van der Waals surface area contributed by atoms with E-state index >= 15 is 0 Å². The molecular weight excluding hydrogens is 463 g/mol. The van der Waals surface area contributed by atoms with E-state index in [2.05, 4.69) is 10.3 Å². The van der Waals surface area contributed by atoms with Crippen molar-refractivity contribution >= 4 is 34.3 Å². The van der Waals surface area contributed by atoms with Gasteiger partial charge in [-0.15, -0.1) is 0 Å². The van der Waals surface area contributed by atoms with Gasteiger partial charge in [-0.05, 0) is 48.6 Å². The number of para-hydroxylation sites is 1. The molecule has 172 valence electrons. The van der Waals surface area contributed by atoms with Gasteiger partial charge in [0.15, 0.2) is 22.6 Å². The lowest BCUT2D eigenvalue weighted by molar-refractivity contribution is -0.113. The molecule has 1 aromatic heterocycles. The van der Waals surface area contributed by atoms with Crippen LogP contribution in [0.25, 0.3) is 16.6 Å². The summed E-state index contributed by atoms with van der Waals surface area (Å²) in [6, 6.07) is 13.8. The Bertz CT molecular complexity index is 1480. The summed E-state index contributed by atoms with van der Waals surface area (Å²) >= 11 is 0.949. The fraction of sp³-hybridized carbons (Fsp3) is 0.160. The second-order valence-corrected chi connectivity index (χ2v) is 8.85. The first kappa shape index (κ1) is 22.2. The van der Waals surface area contributed by atoms with E-state index in [-0.39, 0.29) is 27.9 Å². The highest BCUT2D eigenvalue weighted by Crippen LogP contribution is 2.29. The number of aromatic nitrogens is 2. The molecule has 0 spiro atoms. The summed E-state index contributed by atoms with van der Waals surface area (Å²) in [6.45, 7) is 0. The smallest absolute Gasteiger partial charge is 0.266 e. The van der Waals surface area contributed by atoms with Crippen LogP contribution in [-0.4, -0.2) is 21.2 Å². The molecule has 5 rings (SSSR count). The van der Waals surface area contributed by atoms with Gasteiger partial charge in [0.2, 0.25) is 5.91 Å². The number of benzene rings is 3. The lowest BCUT2D eigenvalue weighted by Gasteiger charge is -2.14. The number of thioether (sulfide) groups is 1. The number of carbonyl (C=O) groups excluding carboxylic acids is 1. The van der Waals surface area contributed by atoms with E-state index in [1.807, 2.05) is 18.2 Å². The zero-order valence-electron chi connectivity index (χ0n) is 17.8. The van der Waals surface area contributed by atoms with Gasteiger partial charge >= 0.3 is 0 Å². The predicted molar refractivity (Wildman–Crippen MR) is 125 cm³/mol. The first-order valence-electron chi connectivity index (χ1n) is 10.6. The Kier molecular flexibility index (Phi) is 5.87. The molecule has 3 aromatic carbocycles. The number of aryl methyl sites for hydroxylation is 1. The van der Waals surface area contributed by atoms with Gasteiger partial charge in [-0.3, -0.25) is 14.2 Å². The molecule has 34 heavy (non-hydrogen) atoms. The summed E-state index contributed by atoms with van der Waals surface area (Å²) in [6.07, 6.45) is 2.91. The maximum absolute atomic E-state index is 13.9. The van der Waals surface area contributed by atoms with Crippen molar-refractivity contribution in [1.29, 1.82) is 0 Å². The quantitative estimate of drug-likeness (QED) is 0.247. The van der Waals surface area contributed by atoms with Crippen molar-refractivity contribution in [3.05, 3.63) is 93.5 Å². The summed E-state index contributed by atoms with van der Waals surface area (Å²) in [7, 11) is 0. The first-order valence-corrected chi connectivity index (χ1v) is 11.6. The number of halogens is 3. The highest BCUT2D eigenvalue weighted by molar-refractivity contribution is 7.99. The van der Waals surface area contributed by atoms with Gasteiger partial charge in [0, 0.05) is 17.8 Å². The first-order chi connectivity index (χ1) is 16.4. The van der Waals surface area contributed by atoms with Crippen LogP contribution in [0, 0.1) is 17.5 Å². The second kappa shape index (κ2) is 8.98.